The Labute approximate surface area is 134 Å². The minimum atomic E-state index is -4.49. The first-order valence-corrected chi connectivity index (χ1v) is 7.31. The zero-order valence-corrected chi connectivity index (χ0v) is 12.5. The molecule has 124 valence electrons. The van der Waals surface area contributed by atoms with Crippen molar-refractivity contribution >= 4 is 22.1 Å². The van der Waals surface area contributed by atoms with Gasteiger partial charge in [-0.25, -0.2) is 0 Å². The van der Waals surface area contributed by atoms with Crippen molar-refractivity contribution in [2.75, 3.05) is 17.2 Å². The van der Waals surface area contributed by atoms with Gasteiger partial charge in [-0.2, -0.15) is 13.2 Å². The van der Waals surface area contributed by atoms with Gasteiger partial charge in [-0.1, -0.05) is 6.07 Å². The van der Waals surface area contributed by atoms with E-state index in [1.165, 1.54) is 0 Å². The fourth-order valence-electron chi connectivity index (χ4n) is 2.96. The lowest BCUT2D eigenvalue weighted by atomic mass is 10.1. The molecule has 1 aliphatic heterocycles. The van der Waals surface area contributed by atoms with E-state index in [0.717, 1.165) is 21.0 Å². The Morgan fingerprint density at radius 2 is 1.92 bits per heavy atom. The average Bonchev–Trinajstić information content (AvgIpc) is 2.98. The van der Waals surface area contributed by atoms with E-state index in [2.05, 4.69) is 15.2 Å². The molecular formula is C15H13F3N6. The summed E-state index contributed by atoms with van der Waals surface area (Å²) in [7, 11) is 0. The Kier molecular flexibility index (Phi) is 3.12. The van der Waals surface area contributed by atoms with Crippen LogP contribution in [0, 0.1) is 0 Å². The molecule has 0 radical (unpaired) electrons. The van der Waals surface area contributed by atoms with E-state index in [0.29, 0.717) is 18.1 Å². The van der Waals surface area contributed by atoms with Crippen molar-refractivity contribution in [1.82, 2.24) is 19.7 Å². The molecule has 3 heterocycles. The van der Waals surface area contributed by atoms with Crippen LogP contribution < -0.4 is 10.6 Å². The van der Waals surface area contributed by atoms with Gasteiger partial charge in [-0.3, -0.25) is 4.98 Å². The highest BCUT2D eigenvalue weighted by atomic mass is 19.4. The normalized spacial score (nSPS) is 14.9. The molecule has 9 heteroatoms. The van der Waals surface area contributed by atoms with Crippen LogP contribution in [0.1, 0.15) is 11.6 Å². The van der Waals surface area contributed by atoms with E-state index < -0.39 is 12.0 Å². The summed E-state index contributed by atoms with van der Waals surface area (Å²) in [5, 5.41) is 8.77. The third-order valence-electron chi connectivity index (χ3n) is 4.15. The molecule has 24 heavy (non-hydrogen) atoms. The third kappa shape index (κ3) is 2.32. The number of nitrogens with two attached hydrogens (primary N) is 1. The van der Waals surface area contributed by atoms with Crippen LogP contribution in [-0.2, 0) is 19.3 Å². The highest BCUT2D eigenvalue weighted by Gasteiger charge is 2.39. The number of halogens is 3. The number of hydrogen-bond donors (Lipinski definition) is 1. The number of alkyl halides is 3. The molecule has 0 fully saturated rings. The molecule has 0 saturated heterocycles. The summed E-state index contributed by atoms with van der Waals surface area (Å²) in [6.45, 7) is 0.880. The van der Waals surface area contributed by atoms with E-state index in [9.17, 15) is 13.2 Å². The topological polar surface area (TPSA) is 72.9 Å². The van der Waals surface area contributed by atoms with Gasteiger partial charge < -0.3 is 15.2 Å². The van der Waals surface area contributed by atoms with Crippen LogP contribution in [0.2, 0.25) is 0 Å². The van der Waals surface area contributed by atoms with E-state index in [1.54, 1.807) is 12.4 Å². The molecule has 0 saturated carbocycles. The second kappa shape index (κ2) is 5.08. The Balaban J connectivity index is 1.68. The molecule has 0 unspecified atom stereocenters. The first-order chi connectivity index (χ1) is 11.4. The van der Waals surface area contributed by atoms with Gasteiger partial charge in [0.1, 0.15) is 0 Å². The van der Waals surface area contributed by atoms with Crippen LogP contribution in [0.15, 0.2) is 30.6 Å². The van der Waals surface area contributed by atoms with Crippen molar-refractivity contribution in [3.05, 3.63) is 42.2 Å². The molecule has 0 spiro atoms. The minimum absolute atomic E-state index is 0.182. The summed E-state index contributed by atoms with van der Waals surface area (Å²) in [6.07, 6.45) is -1.19. The first kappa shape index (κ1) is 14.7. The number of pyridine rings is 1. The second-order valence-corrected chi connectivity index (χ2v) is 5.64. The fourth-order valence-corrected chi connectivity index (χ4v) is 2.96. The van der Waals surface area contributed by atoms with Crippen molar-refractivity contribution in [2.45, 2.75) is 19.3 Å². The number of nitrogen functional groups attached to an aromatic ring is 1. The van der Waals surface area contributed by atoms with Gasteiger partial charge in [0.15, 0.2) is 5.82 Å². The third-order valence-corrected chi connectivity index (χ3v) is 4.15. The van der Waals surface area contributed by atoms with E-state index in [1.807, 2.05) is 23.1 Å². The van der Waals surface area contributed by atoms with Gasteiger partial charge >= 0.3 is 6.18 Å². The predicted molar refractivity (Wildman–Crippen MR) is 82.2 cm³/mol. The Morgan fingerprint density at radius 1 is 1.08 bits per heavy atom. The quantitative estimate of drug-likeness (QED) is 0.740. The van der Waals surface area contributed by atoms with Crippen molar-refractivity contribution < 1.29 is 13.2 Å². The molecule has 1 aromatic carbocycles. The van der Waals surface area contributed by atoms with Crippen LogP contribution in [0.25, 0.3) is 10.8 Å². The minimum Gasteiger partial charge on any atom is -0.397 e. The molecule has 4 rings (SSSR count). The molecule has 0 atom stereocenters. The lowest BCUT2D eigenvalue weighted by Gasteiger charge is -2.30. The molecule has 0 bridgehead atoms. The van der Waals surface area contributed by atoms with Gasteiger partial charge in [0.05, 0.1) is 18.4 Å². The molecule has 2 aromatic heterocycles. The highest BCUT2D eigenvalue weighted by molar-refractivity contribution is 5.94. The van der Waals surface area contributed by atoms with E-state index in [4.69, 9.17) is 5.73 Å². The summed E-state index contributed by atoms with van der Waals surface area (Å²) in [4.78, 5) is 6.01. The molecule has 1 aliphatic rings. The number of benzene rings is 1. The zero-order valence-electron chi connectivity index (χ0n) is 12.5. The van der Waals surface area contributed by atoms with Crippen molar-refractivity contribution in [1.29, 1.82) is 0 Å². The molecule has 0 aliphatic carbocycles. The standard InChI is InChI=1S/C15H13F3N6/c16-15(17,18)14-22-21-13-8-23(3-4-24(13)14)10-2-1-9-6-20-7-12(19)11(9)5-10/h1-2,5-7H,3-4,8,19H2. The molecule has 2 N–H and O–H groups in total. The molecular weight excluding hydrogens is 321 g/mol. The molecule has 6 nitrogen and oxygen atoms in total. The summed E-state index contributed by atoms with van der Waals surface area (Å²) in [5.41, 5.74) is 7.39. The van der Waals surface area contributed by atoms with Crippen LogP contribution in [0.5, 0.6) is 0 Å². The Bertz CT molecular complexity index is 917. The number of hydrogen-bond acceptors (Lipinski definition) is 5. The first-order valence-electron chi connectivity index (χ1n) is 7.31. The average molecular weight is 334 g/mol. The number of anilines is 2. The summed E-state index contributed by atoms with van der Waals surface area (Å²) in [6, 6.07) is 5.72. The number of aromatic nitrogens is 4. The lowest BCUT2D eigenvalue weighted by Crippen LogP contribution is -2.35. The van der Waals surface area contributed by atoms with Gasteiger partial charge in [0.25, 0.3) is 0 Å². The number of rotatable bonds is 1. The number of fused-ring (bicyclic) bond motifs is 2. The Morgan fingerprint density at radius 3 is 2.71 bits per heavy atom. The van der Waals surface area contributed by atoms with Gasteiger partial charge in [-0.05, 0) is 12.1 Å². The lowest BCUT2D eigenvalue weighted by molar-refractivity contribution is -0.147. The van der Waals surface area contributed by atoms with Crippen LogP contribution >= 0.6 is 0 Å². The van der Waals surface area contributed by atoms with Crippen LogP contribution in [0.4, 0.5) is 24.5 Å². The second-order valence-electron chi connectivity index (χ2n) is 5.64. The predicted octanol–water partition coefficient (Wildman–Crippen LogP) is 2.45. The van der Waals surface area contributed by atoms with E-state index in [-0.39, 0.29) is 13.1 Å². The van der Waals surface area contributed by atoms with Crippen LogP contribution in [-0.4, -0.2) is 26.3 Å². The van der Waals surface area contributed by atoms with Crippen LogP contribution in [0.3, 0.4) is 0 Å². The Hall–Kier alpha value is -2.84. The maximum absolute atomic E-state index is 12.9. The smallest absolute Gasteiger partial charge is 0.397 e. The molecule has 0 amide bonds. The maximum Gasteiger partial charge on any atom is 0.451 e. The van der Waals surface area contributed by atoms with Gasteiger partial charge in [-0.15, -0.1) is 10.2 Å². The summed E-state index contributed by atoms with van der Waals surface area (Å²) >= 11 is 0. The maximum atomic E-state index is 12.9. The number of nitrogens with zero attached hydrogens (tertiary/aromatic N) is 5. The molecule has 3 aromatic rings. The summed E-state index contributed by atoms with van der Waals surface area (Å²) < 4.78 is 39.8. The van der Waals surface area contributed by atoms with Crippen molar-refractivity contribution in [3.8, 4) is 0 Å². The van der Waals surface area contributed by atoms with Gasteiger partial charge in [0.2, 0.25) is 5.82 Å². The zero-order chi connectivity index (χ0) is 16.9. The highest BCUT2D eigenvalue weighted by Crippen LogP contribution is 2.31. The van der Waals surface area contributed by atoms with Gasteiger partial charge in [0, 0.05) is 35.7 Å². The monoisotopic (exact) mass is 334 g/mol. The SMILES string of the molecule is Nc1cncc2ccc(N3CCn4c(nnc4C(F)(F)F)C3)cc12. The van der Waals surface area contributed by atoms with E-state index >= 15 is 0 Å². The fraction of sp³-hybridized carbons (Fsp3) is 0.267. The summed E-state index contributed by atoms with van der Waals surface area (Å²) in [5.74, 6) is -0.637. The van der Waals surface area contributed by atoms with Crippen molar-refractivity contribution in [3.63, 3.8) is 0 Å². The largest absolute Gasteiger partial charge is 0.451 e. The van der Waals surface area contributed by atoms with Crippen molar-refractivity contribution in [2.24, 2.45) is 0 Å².